The highest BCUT2D eigenvalue weighted by molar-refractivity contribution is 8.59. The third-order valence-electron chi connectivity index (χ3n) is 1.42. The summed E-state index contributed by atoms with van der Waals surface area (Å²) in [4.78, 5) is 13.8. The van der Waals surface area contributed by atoms with Gasteiger partial charge in [-0.2, -0.15) is 0 Å². The van der Waals surface area contributed by atoms with E-state index in [-0.39, 0.29) is 11.5 Å². The molecule has 0 aliphatic heterocycles. The fraction of sp³-hybridized carbons (Fsp3) is 0.286. The number of hydrogen-bond acceptors (Lipinski definition) is 7. The molecule has 6 nitrogen and oxygen atoms in total. The molecular formula is C7H12N4O2S2. The van der Waals surface area contributed by atoms with Gasteiger partial charge in [0.1, 0.15) is 0 Å². The summed E-state index contributed by atoms with van der Waals surface area (Å²) in [5.41, 5.74) is 5.21. The Balaban J connectivity index is 0.000000921. The van der Waals surface area contributed by atoms with Gasteiger partial charge < -0.3 is 11.1 Å². The summed E-state index contributed by atoms with van der Waals surface area (Å²) in [6, 6.07) is 2.91. The van der Waals surface area contributed by atoms with Crippen LogP contribution in [0.5, 0.6) is 0 Å². The van der Waals surface area contributed by atoms with Crippen LogP contribution in [0.3, 0.4) is 0 Å². The first-order valence-electron chi connectivity index (χ1n) is 3.99. The number of nitro groups is 1. The Labute approximate surface area is 97.6 Å². The molecule has 15 heavy (non-hydrogen) atoms. The maximum Gasteiger partial charge on any atom is 0.311 e. The molecule has 8 heteroatoms. The summed E-state index contributed by atoms with van der Waals surface area (Å²) < 4.78 is 0. The van der Waals surface area contributed by atoms with Gasteiger partial charge in [-0.3, -0.25) is 10.1 Å². The number of rotatable bonds is 4. The van der Waals surface area contributed by atoms with Crippen molar-refractivity contribution in [2.45, 2.75) is 0 Å². The van der Waals surface area contributed by atoms with Crippen molar-refractivity contribution in [3.63, 3.8) is 0 Å². The van der Waals surface area contributed by atoms with Crippen LogP contribution in [-0.2, 0) is 0 Å². The van der Waals surface area contributed by atoms with Crippen LogP contribution in [0, 0.1) is 10.1 Å². The lowest BCUT2D eigenvalue weighted by molar-refractivity contribution is -0.384. The first-order chi connectivity index (χ1) is 7.25. The molecule has 0 amide bonds. The molecule has 1 aromatic heterocycles. The Hall–Kier alpha value is -0.990. The quantitative estimate of drug-likeness (QED) is 0.277. The molecule has 0 unspecified atom stereocenters. The first kappa shape index (κ1) is 14.0. The number of nitrogens with one attached hydrogen (secondary N) is 1. The van der Waals surface area contributed by atoms with Crippen molar-refractivity contribution in [2.75, 3.05) is 18.4 Å². The highest BCUT2D eigenvalue weighted by Crippen LogP contribution is 2.19. The minimum absolute atomic E-state index is 0.0315. The Morgan fingerprint density at radius 1 is 1.60 bits per heavy atom. The molecule has 84 valence electrons. The number of thiol groups is 2. The van der Waals surface area contributed by atoms with Gasteiger partial charge in [-0.15, -0.1) is 23.3 Å². The van der Waals surface area contributed by atoms with E-state index in [1.54, 1.807) is 0 Å². The average Bonchev–Trinajstić information content (AvgIpc) is 2.29. The Morgan fingerprint density at radius 3 is 2.80 bits per heavy atom. The van der Waals surface area contributed by atoms with Crippen LogP contribution in [0.25, 0.3) is 0 Å². The molecule has 0 aromatic carbocycles. The van der Waals surface area contributed by atoms with Crippen molar-refractivity contribution < 1.29 is 4.92 Å². The molecule has 1 aromatic rings. The van der Waals surface area contributed by atoms with E-state index in [2.05, 4.69) is 33.6 Å². The fourth-order valence-electron chi connectivity index (χ4n) is 0.871. The number of nitrogens with two attached hydrogens (primary N) is 1. The van der Waals surface area contributed by atoms with Gasteiger partial charge in [0.2, 0.25) is 5.82 Å². The lowest BCUT2D eigenvalue weighted by Crippen LogP contribution is -2.14. The summed E-state index contributed by atoms with van der Waals surface area (Å²) >= 11 is 6.44. The highest BCUT2D eigenvalue weighted by Gasteiger charge is 2.12. The van der Waals surface area contributed by atoms with Gasteiger partial charge in [-0.1, -0.05) is 0 Å². The monoisotopic (exact) mass is 248 g/mol. The van der Waals surface area contributed by atoms with E-state index in [1.165, 1.54) is 18.3 Å². The second-order valence-corrected chi connectivity index (χ2v) is 2.34. The minimum Gasteiger partial charge on any atom is -0.363 e. The summed E-state index contributed by atoms with van der Waals surface area (Å²) in [5, 5.41) is 13.2. The zero-order valence-electron chi connectivity index (χ0n) is 7.83. The van der Waals surface area contributed by atoms with Gasteiger partial charge in [0.15, 0.2) is 0 Å². The number of anilines is 1. The van der Waals surface area contributed by atoms with Crippen LogP contribution in [0.15, 0.2) is 18.3 Å². The van der Waals surface area contributed by atoms with E-state index in [9.17, 15) is 10.1 Å². The normalized spacial score (nSPS) is 8.73. The van der Waals surface area contributed by atoms with E-state index < -0.39 is 4.92 Å². The van der Waals surface area contributed by atoms with E-state index in [0.29, 0.717) is 13.1 Å². The van der Waals surface area contributed by atoms with Crippen LogP contribution >= 0.6 is 23.3 Å². The lowest BCUT2D eigenvalue weighted by atomic mass is 10.4. The maximum atomic E-state index is 10.5. The fourth-order valence-corrected chi connectivity index (χ4v) is 0.871. The van der Waals surface area contributed by atoms with Crippen LogP contribution < -0.4 is 11.1 Å². The van der Waals surface area contributed by atoms with Crippen molar-refractivity contribution in [1.82, 2.24) is 4.98 Å². The molecule has 0 spiro atoms. The SMILES string of the molecule is NCCNc1ncccc1[N+](=O)[O-].SS. The zero-order chi connectivity index (χ0) is 11.7. The van der Waals surface area contributed by atoms with Gasteiger partial charge in [0, 0.05) is 25.4 Å². The van der Waals surface area contributed by atoms with E-state index in [4.69, 9.17) is 5.73 Å². The number of nitrogens with zero attached hydrogens (tertiary/aromatic N) is 2. The molecule has 0 saturated heterocycles. The number of hydrogen-bond donors (Lipinski definition) is 4. The predicted molar refractivity (Wildman–Crippen MR) is 66.4 cm³/mol. The molecule has 0 saturated carbocycles. The van der Waals surface area contributed by atoms with Crippen molar-refractivity contribution in [2.24, 2.45) is 5.73 Å². The standard InChI is InChI=1S/C7H10N4O2.H2S2/c8-3-5-10-7-6(11(12)13)2-1-4-9-7;1-2/h1-2,4H,3,5,8H2,(H,9,10);1-2H. The third kappa shape index (κ3) is 4.86. The Morgan fingerprint density at radius 2 is 2.27 bits per heavy atom. The molecule has 1 heterocycles. The molecule has 3 N–H and O–H groups in total. The number of pyridine rings is 1. The topological polar surface area (TPSA) is 94.1 Å². The molecule has 0 aliphatic rings. The molecule has 0 bridgehead atoms. The van der Waals surface area contributed by atoms with E-state index in [1.807, 2.05) is 0 Å². The van der Waals surface area contributed by atoms with Gasteiger partial charge in [-0.25, -0.2) is 4.98 Å². The molecular weight excluding hydrogens is 236 g/mol. The second kappa shape index (κ2) is 8.33. The Bertz CT molecular complexity index is 311. The molecule has 0 fully saturated rings. The molecule has 0 aliphatic carbocycles. The second-order valence-electron chi connectivity index (χ2n) is 2.34. The smallest absolute Gasteiger partial charge is 0.311 e. The van der Waals surface area contributed by atoms with Gasteiger partial charge >= 0.3 is 5.69 Å². The zero-order valence-corrected chi connectivity index (χ0v) is 9.62. The van der Waals surface area contributed by atoms with Crippen molar-refractivity contribution >= 4 is 34.8 Å². The summed E-state index contributed by atoms with van der Waals surface area (Å²) in [7, 11) is 0. The minimum atomic E-state index is -0.480. The largest absolute Gasteiger partial charge is 0.363 e. The van der Waals surface area contributed by atoms with Crippen molar-refractivity contribution in [3.05, 3.63) is 28.4 Å². The average molecular weight is 248 g/mol. The lowest BCUT2D eigenvalue weighted by Gasteiger charge is -2.02. The molecule has 0 atom stereocenters. The number of aromatic nitrogens is 1. The van der Waals surface area contributed by atoms with E-state index >= 15 is 0 Å². The first-order valence-corrected chi connectivity index (χ1v) is 5.59. The van der Waals surface area contributed by atoms with Crippen LogP contribution in [0.2, 0.25) is 0 Å². The maximum absolute atomic E-state index is 10.5. The van der Waals surface area contributed by atoms with Crippen LogP contribution in [0.4, 0.5) is 11.5 Å². The molecule has 1 rings (SSSR count). The van der Waals surface area contributed by atoms with Crippen molar-refractivity contribution in [3.8, 4) is 0 Å². The highest BCUT2D eigenvalue weighted by atomic mass is 33.1. The van der Waals surface area contributed by atoms with Crippen molar-refractivity contribution in [1.29, 1.82) is 0 Å². The van der Waals surface area contributed by atoms with Crippen LogP contribution in [-0.4, -0.2) is 23.0 Å². The Kier molecular flexibility index (Phi) is 7.78. The summed E-state index contributed by atoms with van der Waals surface area (Å²) in [6.07, 6.45) is 1.49. The molecule has 0 radical (unpaired) electrons. The summed E-state index contributed by atoms with van der Waals surface area (Å²) in [6.45, 7) is 0.881. The van der Waals surface area contributed by atoms with Gasteiger partial charge in [-0.05, 0) is 6.07 Å². The van der Waals surface area contributed by atoms with Crippen LogP contribution in [0.1, 0.15) is 0 Å². The van der Waals surface area contributed by atoms with Gasteiger partial charge in [0.25, 0.3) is 0 Å². The third-order valence-corrected chi connectivity index (χ3v) is 1.42. The van der Waals surface area contributed by atoms with E-state index in [0.717, 1.165) is 0 Å². The summed E-state index contributed by atoms with van der Waals surface area (Å²) in [5.74, 6) is 0.262. The predicted octanol–water partition coefficient (Wildman–Crippen LogP) is 1.12. The van der Waals surface area contributed by atoms with Gasteiger partial charge in [0.05, 0.1) is 4.92 Å².